The van der Waals surface area contributed by atoms with Crippen LogP contribution in [-0.4, -0.2) is 103 Å². The van der Waals surface area contributed by atoms with Crippen molar-refractivity contribution < 1.29 is 38.7 Å². The largest absolute Gasteiger partial charge is 0.441 e. The maximum atomic E-state index is 12.6. The predicted octanol–water partition coefficient (Wildman–Crippen LogP) is 4.48. The van der Waals surface area contributed by atoms with Crippen molar-refractivity contribution in [1.82, 2.24) is 4.90 Å². The van der Waals surface area contributed by atoms with Crippen LogP contribution in [0.5, 0.6) is 0 Å². The molecule has 8 rings (SSSR count). The molecular formula is C38H62N2O8. The van der Waals surface area contributed by atoms with Crippen LogP contribution in [-0.2, 0) is 23.7 Å². The SMILES string of the molecule is C[C@@H]1C[C@H]([C@H](OC(N)=O)C(C)(C)O)O[C@H]2[C@H]1[C@@]1(C)CC[C@@]34C[C@@]35CC[C@H](O[C@H]3CN(C6COC6)CCO3)C(C)(C)[C@@H]5CC[C@H]4[C@]1(C)[C@H]2O. The molecule has 0 aromatic carbocycles. The minimum absolute atomic E-state index is 0.0409. The Morgan fingerprint density at radius 3 is 2.42 bits per heavy atom. The second-order valence-electron chi connectivity index (χ2n) is 19.2. The van der Waals surface area contributed by atoms with E-state index in [1.54, 1.807) is 13.8 Å². The Morgan fingerprint density at radius 2 is 1.75 bits per heavy atom. The molecule has 3 saturated heterocycles. The lowest BCUT2D eigenvalue weighted by Crippen LogP contribution is -2.60. The average molecular weight is 675 g/mol. The van der Waals surface area contributed by atoms with E-state index in [1.165, 1.54) is 19.3 Å². The number of ether oxygens (including phenoxy) is 5. The zero-order valence-electron chi connectivity index (χ0n) is 30.4. The smallest absolute Gasteiger partial charge is 0.404 e. The fraction of sp³-hybridized carbons (Fsp3) is 0.974. The highest BCUT2D eigenvalue weighted by Crippen LogP contribution is 2.89. The van der Waals surface area contributed by atoms with E-state index in [-0.39, 0.29) is 52.0 Å². The van der Waals surface area contributed by atoms with Crippen molar-refractivity contribution in [3.8, 4) is 0 Å². The van der Waals surface area contributed by atoms with Crippen LogP contribution in [0, 0.1) is 50.7 Å². The van der Waals surface area contributed by atoms with Crippen LogP contribution in [0.25, 0.3) is 0 Å². The summed E-state index contributed by atoms with van der Waals surface area (Å²) in [6.45, 7) is 19.4. The summed E-state index contributed by atoms with van der Waals surface area (Å²) in [5, 5.41) is 23.5. The van der Waals surface area contributed by atoms with Gasteiger partial charge in [-0.15, -0.1) is 0 Å². The number of primary amides is 1. The van der Waals surface area contributed by atoms with Gasteiger partial charge >= 0.3 is 6.09 Å². The van der Waals surface area contributed by atoms with Gasteiger partial charge in [0.2, 0.25) is 0 Å². The van der Waals surface area contributed by atoms with Crippen LogP contribution in [0.2, 0.25) is 0 Å². The number of aliphatic hydroxyl groups is 2. The molecule has 0 bridgehead atoms. The van der Waals surface area contributed by atoms with Gasteiger partial charge in [0, 0.05) is 12.0 Å². The molecular weight excluding hydrogens is 612 g/mol. The molecule has 3 heterocycles. The van der Waals surface area contributed by atoms with Gasteiger partial charge in [-0.3, -0.25) is 4.90 Å². The van der Waals surface area contributed by atoms with Crippen molar-refractivity contribution in [2.75, 3.05) is 32.9 Å². The van der Waals surface area contributed by atoms with E-state index in [0.29, 0.717) is 36.3 Å². The number of amides is 1. The second kappa shape index (κ2) is 11.0. The first kappa shape index (κ1) is 34.1. The molecule has 0 radical (unpaired) electrons. The van der Waals surface area contributed by atoms with Crippen molar-refractivity contribution in [2.45, 2.75) is 148 Å². The monoisotopic (exact) mass is 674 g/mol. The average Bonchev–Trinajstić information content (AvgIpc) is 3.61. The number of morpholine rings is 1. The van der Waals surface area contributed by atoms with Crippen molar-refractivity contribution >= 4 is 6.09 Å². The standard InChI is InChI=1S/C38H62N2O8/c1-21-16-23(31(34(4,5)43)48-32(39)42)46-29-28(21)35(6)12-13-38-20-37(38)11-10-26(47-27-17-40(14-15-45-27)22-18-44-19-22)33(2,3)24(37)8-9-25(38)36(35,7)30(29)41/h21-31,41,43H,8-20H2,1-7H3,(H2,39,42)/t21-,23-,24+,25+,26+,27+,28+,29+,30+,31+,35-,36-,37-,38+/m1/s1. The van der Waals surface area contributed by atoms with Gasteiger partial charge in [0.25, 0.3) is 0 Å². The zero-order chi connectivity index (χ0) is 34.2. The van der Waals surface area contributed by atoms with Crippen molar-refractivity contribution in [2.24, 2.45) is 56.5 Å². The molecule has 4 N–H and O–H groups in total. The van der Waals surface area contributed by atoms with Crippen LogP contribution >= 0.6 is 0 Å². The first-order valence-electron chi connectivity index (χ1n) is 19.1. The van der Waals surface area contributed by atoms with Gasteiger partial charge in [0.15, 0.2) is 12.4 Å². The molecule has 272 valence electrons. The van der Waals surface area contributed by atoms with Crippen LogP contribution < -0.4 is 5.73 Å². The number of nitrogens with two attached hydrogens (primary N) is 1. The van der Waals surface area contributed by atoms with Gasteiger partial charge in [0.05, 0.1) is 62.4 Å². The fourth-order valence-corrected chi connectivity index (χ4v) is 14.2. The van der Waals surface area contributed by atoms with Crippen LogP contribution in [0.15, 0.2) is 0 Å². The maximum absolute atomic E-state index is 12.6. The third-order valence-corrected chi connectivity index (χ3v) is 16.6. The molecule has 2 spiro atoms. The number of aliphatic hydroxyl groups excluding tert-OH is 1. The fourth-order valence-electron chi connectivity index (χ4n) is 14.2. The first-order valence-corrected chi connectivity index (χ1v) is 19.1. The van der Waals surface area contributed by atoms with E-state index in [1.807, 2.05) is 0 Å². The van der Waals surface area contributed by atoms with Gasteiger partial charge in [-0.05, 0) is 111 Å². The van der Waals surface area contributed by atoms with Crippen molar-refractivity contribution in [3.63, 3.8) is 0 Å². The molecule has 10 nitrogen and oxygen atoms in total. The molecule has 14 atom stereocenters. The highest BCUT2D eigenvalue weighted by atomic mass is 16.7. The predicted molar refractivity (Wildman–Crippen MR) is 178 cm³/mol. The molecule has 3 aliphatic heterocycles. The number of hydrogen-bond acceptors (Lipinski definition) is 9. The normalized spacial score (nSPS) is 52.1. The van der Waals surface area contributed by atoms with Gasteiger partial charge in [-0.2, -0.15) is 0 Å². The zero-order valence-corrected chi connectivity index (χ0v) is 30.4. The first-order chi connectivity index (χ1) is 22.5. The number of hydrogen-bond donors (Lipinski definition) is 3. The molecule has 10 heteroatoms. The van der Waals surface area contributed by atoms with Crippen molar-refractivity contribution in [1.29, 1.82) is 0 Å². The Labute approximate surface area is 287 Å². The summed E-state index contributed by atoms with van der Waals surface area (Å²) >= 11 is 0. The van der Waals surface area contributed by atoms with Gasteiger partial charge in [-0.1, -0.05) is 34.6 Å². The third kappa shape index (κ3) is 4.51. The Hall–Kier alpha value is -1.01. The topological polar surface area (TPSA) is 133 Å². The van der Waals surface area contributed by atoms with Gasteiger partial charge in [0.1, 0.15) is 0 Å². The molecule has 0 unspecified atom stereocenters. The van der Waals surface area contributed by atoms with E-state index < -0.39 is 30.0 Å². The molecule has 1 amide bonds. The number of carbonyl (C=O) groups is 1. The number of nitrogens with zero attached hydrogens (tertiary/aromatic N) is 1. The van der Waals surface area contributed by atoms with E-state index in [0.717, 1.165) is 52.0 Å². The molecule has 0 aromatic heterocycles. The van der Waals surface area contributed by atoms with E-state index in [4.69, 9.17) is 29.4 Å². The lowest BCUT2D eigenvalue weighted by Gasteiger charge is -2.64. The molecule has 0 aromatic rings. The van der Waals surface area contributed by atoms with E-state index in [2.05, 4.69) is 39.5 Å². The van der Waals surface area contributed by atoms with Crippen LogP contribution in [0.4, 0.5) is 4.79 Å². The summed E-state index contributed by atoms with van der Waals surface area (Å²) in [5.41, 5.74) is 4.34. The highest BCUT2D eigenvalue weighted by Gasteiger charge is 2.84. The molecule has 5 saturated carbocycles. The molecule has 8 aliphatic rings. The second-order valence-corrected chi connectivity index (χ2v) is 19.2. The quantitative estimate of drug-likeness (QED) is 0.373. The number of fused-ring (bicyclic) bond motifs is 4. The summed E-state index contributed by atoms with van der Waals surface area (Å²) < 4.78 is 30.8. The maximum Gasteiger partial charge on any atom is 0.404 e. The van der Waals surface area contributed by atoms with Crippen LogP contribution in [0.3, 0.4) is 0 Å². The van der Waals surface area contributed by atoms with Gasteiger partial charge < -0.3 is 39.6 Å². The number of carbonyl (C=O) groups excluding carboxylic acids is 1. The Kier molecular flexibility index (Phi) is 7.81. The Morgan fingerprint density at radius 1 is 1.04 bits per heavy atom. The highest BCUT2D eigenvalue weighted by molar-refractivity contribution is 5.65. The van der Waals surface area contributed by atoms with Crippen LogP contribution in [0.1, 0.15) is 99.8 Å². The summed E-state index contributed by atoms with van der Waals surface area (Å²) in [7, 11) is 0. The summed E-state index contributed by atoms with van der Waals surface area (Å²) in [6, 6.07) is 0.503. The Balaban J connectivity index is 1.03. The molecule has 5 aliphatic carbocycles. The lowest BCUT2D eigenvalue weighted by atomic mass is 9.41. The van der Waals surface area contributed by atoms with E-state index in [9.17, 15) is 15.0 Å². The summed E-state index contributed by atoms with van der Waals surface area (Å²) in [6.07, 6.45) is 5.39. The van der Waals surface area contributed by atoms with Gasteiger partial charge in [-0.25, -0.2) is 4.79 Å². The summed E-state index contributed by atoms with van der Waals surface area (Å²) in [5.74, 6) is 1.44. The number of rotatable bonds is 6. The molecule has 8 fully saturated rings. The lowest BCUT2D eigenvalue weighted by molar-refractivity contribution is -0.256. The minimum atomic E-state index is -1.33. The minimum Gasteiger partial charge on any atom is -0.441 e. The Bertz CT molecular complexity index is 1290. The molecule has 48 heavy (non-hydrogen) atoms. The van der Waals surface area contributed by atoms with Crippen molar-refractivity contribution in [3.05, 3.63) is 0 Å². The van der Waals surface area contributed by atoms with E-state index >= 15 is 0 Å². The third-order valence-electron chi connectivity index (χ3n) is 16.6. The summed E-state index contributed by atoms with van der Waals surface area (Å²) in [4.78, 5) is 14.4.